The highest BCUT2D eigenvalue weighted by atomic mass is 35.5. The lowest BCUT2D eigenvalue weighted by Gasteiger charge is -2.05. The van der Waals surface area contributed by atoms with E-state index in [9.17, 15) is 0 Å². The predicted molar refractivity (Wildman–Crippen MR) is 73.6 cm³/mol. The van der Waals surface area contributed by atoms with E-state index in [1.54, 1.807) is 0 Å². The van der Waals surface area contributed by atoms with Gasteiger partial charge >= 0.3 is 0 Å². The van der Waals surface area contributed by atoms with Crippen LogP contribution in [-0.4, -0.2) is 17.2 Å². The third-order valence-electron chi connectivity index (χ3n) is 2.38. The lowest BCUT2D eigenvalue weighted by molar-refractivity contribution is 0.472. The molecule has 1 aromatic carbocycles. The predicted octanol–water partition coefficient (Wildman–Crippen LogP) is 3.27. The molecule has 1 aromatic heterocycles. The highest BCUT2D eigenvalue weighted by Gasteiger charge is 2.07. The van der Waals surface area contributed by atoms with Crippen molar-refractivity contribution < 1.29 is 4.74 Å². The van der Waals surface area contributed by atoms with Crippen molar-refractivity contribution in [1.29, 1.82) is 0 Å². The van der Waals surface area contributed by atoms with E-state index in [0.717, 1.165) is 27.8 Å². The fourth-order valence-corrected chi connectivity index (χ4v) is 2.46. The van der Waals surface area contributed by atoms with Gasteiger partial charge in [-0.2, -0.15) is 0 Å². The number of aryl methyl sites for hydroxylation is 1. The van der Waals surface area contributed by atoms with Crippen molar-refractivity contribution in [2.75, 3.05) is 7.05 Å². The molecule has 0 radical (unpaired) electrons. The van der Waals surface area contributed by atoms with E-state index >= 15 is 0 Å². The van der Waals surface area contributed by atoms with E-state index in [0.29, 0.717) is 11.7 Å². The molecule has 0 aliphatic rings. The van der Waals surface area contributed by atoms with Crippen LogP contribution in [-0.2, 0) is 13.0 Å². The Balaban J connectivity index is 2.12. The van der Waals surface area contributed by atoms with Gasteiger partial charge in [-0.05, 0) is 37.2 Å². The topological polar surface area (TPSA) is 47.0 Å². The molecule has 2 aromatic rings. The summed E-state index contributed by atoms with van der Waals surface area (Å²) >= 11 is 7.49. The van der Waals surface area contributed by atoms with Crippen molar-refractivity contribution in [2.24, 2.45) is 0 Å². The molecule has 6 heteroatoms. The van der Waals surface area contributed by atoms with Crippen LogP contribution in [0.4, 0.5) is 0 Å². The van der Waals surface area contributed by atoms with Gasteiger partial charge in [-0.1, -0.05) is 35.0 Å². The van der Waals surface area contributed by atoms with Crippen LogP contribution in [0.25, 0.3) is 0 Å². The zero-order valence-corrected chi connectivity index (χ0v) is 11.8. The first-order valence-corrected chi connectivity index (χ1v) is 6.85. The second kappa shape index (κ2) is 6.13. The van der Waals surface area contributed by atoms with Gasteiger partial charge in [0.2, 0.25) is 0 Å². The molecule has 0 atom stereocenters. The summed E-state index contributed by atoms with van der Waals surface area (Å²) in [6.45, 7) is 2.75. The number of hydrogen-bond donors (Lipinski definition) is 1. The number of halogens is 1. The fourth-order valence-electron chi connectivity index (χ4n) is 1.49. The van der Waals surface area contributed by atoms with E-state index in [4.69, 9.17) is 16.3 Å². The van der Waals surface area contributed by atoms with Crippen LogP contribution in [0.2, 0.25) is 5.02 Å². The largest absolute Gasteiger partial charge is 0.430 e. The number of ether oxygens (including phenoxy) is 1. The van der Waals surface area contributed by atoms with E-state index in [1.165, 1.54) is 11.3 Å². The highest BCUT2D eigenvalue weighted by molar-refractivity contribution is 7.13. The van der Waals surface area contributed by atoms with Crippen LogP contribution in [0, 0.1) is 0 Å². The Morgan fingerprint density at radius 1 is 1.39 bits per heavy atom. The van der Waals surface area contributed by atoms with E-state index < -0.39 is 0 Å². The molecule has 96 valence electrons. The lowest BCUT2D eigenvalue weighted by atomic mass is 10.2. The summed E-state index contributed by atoms with van der Waals surface area (Å²) in [4.78, 5) is 0. The second-order valence-electron chi connectivity index (χ2n) is 3.70. The van der Waals surface area contributed by atoms with E-state index in [-0.39, 0.29) is 0 Å². The van der Waals surface area contributed by atoms with Crippen LogP contribution in [0.15, 0.2) is 18.2 Å². The third kappa shape index (κ3) is 3.19. The minimum absolute atomic E-state index is 0.546. The van der Waals surface area contributed by atoms with Crippen LogP contribution >= 0.6 is 22.9 Å². The molecule has 4 nitrogen and oxygen atoms in total. The monoisotopic (exact) mass is 283 g/mol. The first-order chi connectivity index (χ1) is 8.72. The van der Waals surface area contributed by atoms with Crippen molar-refractivity contribution in [3.8, 4) is 10.9 Å². The van der Waals surface area contributed by atoms with Crippen molar-refractivity contribution >= 4 is 22.9 Å². The SMILES string of the molecule is CCc1cc(Oc2nnc(CNC)s2)ccc1Cl. The molecular formula is C12H14ClN3OS. The third-order valence-corrected chi connectivity index (χ3v) is 3.55. The number of rotatable bonds is 5. The zero-order valence-electron chi connectivity index (χ0n) is 10.2. The molecule has 0 aliphatic heterocycles. The van der Waals surface area contributed by atoms with Crippen LogP contribution in [0.5, 0.6) is 10.9 Å². The number of nitrogens with one attached hydrogen (secondary N) is 1. The summed E-state index contributed by atoms with van der Waals surface area (Å²) in [6, 6.07) is 5.60. The Morgan fingerprint density at radius 2 is 2.22 bits per heavy atom. The maximum atomic E-state index is 6.06. The maximum Gasteiger partial charge on any atom is 0.299 e. The Morgan fingerprint density at radius 3 is 2.94 bits per heavy atom. The number of benzene rings is 1. The Hall–Kier alpha value is -1.17. The van der Waals surface area contributed by atoms with Crippen molar-refractivity contribution in [3.05, 3.63) is 33.8 Å². The van der Waals surface area contributed by atoms with Crippen molar-refractivity contribution in [3.63, 3.8) is 0 Å². The van der Waals surface area contributed by atoms with Gasteiger partial charge < -0.3 is 10.1 Å². The normalized spacial score (nSPS) is 10.6. The molecule has 0 saturated carbocycles. The number of hydrogen-bond acceptors (Lipinski definition) is 5. The Kier molecular flexibility index (Phi) is 4.52. The average Bonchev–Trinajstić information content (AvgIpc) is 2.80. The Labute approximate surface area is 115 Å². The first-order valence-electron chi connectivity index (χ1n) is 5.66. The minimum atomic E-state index is 0.546. The summed E-state index contributed by atoms with van der Waals surface area (Å²) in [5, 5.41) is 13.2. The average molecular weight is 284 g/mol. The molecule has 0 aliphatic carbocycles. The van der Waals surface area contributed by atoms with Crippen LogP contribution in [0.1, 0.15) is 17.5 Å². The summed E-state index contributed by atoms with van der Waals surface area (Å²) in [5.41, 5.74) is 1.06. The van der Waals surface area contributed by atoms with E-state index in [1.807, 2.05) is 25.2 Å². The molecule has 0 unspecified atom stereocenters. The lowest BCUT2D eigenvalue weighted by Crippen LogP contribution is -2.04. The van der Waals surface area contributed by atoms with Gasteiger partial charge in [0.1, 0.15) is 10.8 Å². The standard InChI is InChI=1S/C12H14ClN3OS/c1-3-8-6-9(4-5-10(8)13)17-12-16-15-11(18-12)7-14-2/h4-6,14H,3,7H2,1-2H3. The van der Waals surface area contributed by atoms with E-state index in [2.05, 4.69) is 22.4 Å². The molecule has 18 heavy (non-hydrogen) atoms. The Bertz CT molecular complexity index is 530. The summed E-state index contributed by atoms with van der Waals surface area (Å²) in [5.74, 6) is 0.739. The fraction of sp³-hybridized carbons (Fsp3) is 0.333. The number of aromatic nitrogens is 2. The first kappa shape index (κ1) is 13.3. The van der Waals surface area contributed by atoms with Crippen LogP contribution in [0.3, 0.4) is 0 Å². The highest BCUT2D eigenvalue weighted by Crippen LogP contribution is 2.28. The molecule has 0 bridgehead atoms. The molecule has 2 rings (SSSR count). The van der Waals surface area contributed by atoms with Crippen LogP contribution < -0.4 is 10.1 Å². The molecule has 1 N–H and O–H groups in total. The van der Waals surface area contributed by atoms with Crippen molar-refractivity contribution in [2.45, 2.75) is 19.9 Å². The second-order valence-corrected chi connectivity index (χ2v) is 5.13. The molecule has 0 amide bonds. The zero-order chi connectivity index (χ0) is 13.0. The van der Waals surface area contributed by atoms with Gasteiger partial charge in [-0.15, -0.1) is 5.10 Å². The van der Waals surface area contributed by atoms with Gasteiger partial charge in [0.25, 0.3) is 5.19 Å². The molecule has 0 saturated heterocycles. The summed E-state index contributed by atoms with van der Waals surface area (Å²) in [6.07, 6.45) is 0.872. The maximum absolute atomic E-state index is 6.06. The molecule has 1 heterocycles. The number of nitrogens with zero attached hydrogens (tertiary/aromatic N) is 2. The van der Waals surface area contributed by atoms with Gasteiger partial charge in [0.05, 0.1) is 0 Å². The van der Waals surface area contributed by atoms with Gasteiger partial charge in [0.15, 0.2) is 0 Å². The van der Waals surface area contributed by atoms with Gasteiger partial charge in [0, 0.05) is 11.6 Å². The molecule has 0 spiro atoms. The summed E-state index contributed by atoms with van der Waals surface area (Å²) in [7, 11) is 1.87. The van der Waals surface area contributed by atoms with Gasteiger partial charge in [-0.3, -0.25) is 0 Å². The van der Waals surface area contributed by atoms with Crippen molar-refractivity contribution in [1.82, 2.24) is 15.5 Å². The molecule has 0 fully saturated rings. The van der Waals surface area contributed by atoms with Gasteiger partial charge in [-0.25, -0.2) is 0 Å². The molecular weight excluding hydrogens is 270 g/mol. The summed E-state index contributed by atoms with van der Waals surface area (Å²) < 4.78 is 5.66. The minimum Gasteiger partial charge on any atom is -0.430 e. The quantitative estimate of drug-likeness (QED) is 0.915. The smallest absolute Gasteiger partial charge is 0.299 e.